The summed E-state index contributed by atoms with van der Waals surface area (Å²) in [7, 11) is 1.92. The SMILES string of the molecule is CN=C(NCCC(C)C)N1CC2CCCCC2C1.I. The molecule has 0 aromatic carbocycles. The molecule has 1 heterocycles. The largest absolute Gasteiger partial charge is 0.356 e. The molecule has 0 radical (unpaired) electrons. The number of rotatable bonds is 3. The molecule has 1 saturated heterocycles. The molecule has 2 atom stereocenters. The lowest BCUT2D eigenvalue weighted by Gasteiger charge is -2.22. The summed E-state index contributed by atoms with van der Waals surface area (Å²) in [5.74, 6) is 3.76. The zero-order valence-electron chi connectivity index (χ0n) is 12.7. The van der Waals surface area contributed by atoms with Gasteiger partial charge < -0.3 is 10.2 Å². The van der Waals surface area contributed by atoms with Crippen LogP contribution in [0.2, 0.25) is 0 Å². The van der Waals surface area contributed by atoms with Gasteiger partial charge >= 0.3 is 0 Å². The second-order valence-corrected chi connectivity index (χ2v) is 6.37. The molecule has 2 fully saturated rings. The molecular weight excluding hydrogens is 349 g/mol. The maximum atomic E-state index is 4.46. The predicted octanol–water partition coefficient (Wildman–Crippen LogP) is 3.35. The molecule has 2 unspecified atom stereocenters. The summed E-state index contributed by atoms with van der Waals surface area (Å²) in [5, 5.41) is 3.53. The van der Waals surface area contributed by atoms with Crippen molar-refractivity contribution in [1.29, 1.82) is 0 Å². The minimum atomic E-state index is 0. The number of guanidine groups is 1. The van der Waals surface area contributed by atoms with Gasteiger partial charge in [0.05, 0.1) is 0 Å². The van der Waals surface area contributed by atoms with Gasteiger partial charge in [0.2, 0.25) is 0 Å². The van der Waals surface area contributed by atoms with Gasteiger partial charge in [0.15, 0.2) is 5.96 Å². The lowest BCUT2D eigenvalue weighted by atomic mass is 9.82. The van der Waals surface area contributed by atoms with Gasteiger partial charge in [-0.3, -0.25) is 4.99 Å². The van der Waals surface area contributed by atoms with E-state index in [1.807, 2.05) is 7.05 Å². The first-order chi connectivity index (χ1) is 8.70. The van der Waals surface area contributed by atoms with Crippen molar-refractivity contribution in [1.82, 2.24) is 10.2 Å². The molecule has 4 heteroatoms. The Morgan fingerprint density at radius 3 is 2.26 bits per heavy atom. The number of nitrogens with zero attached hydrogens (tertiary/aromatic N) is 2. The molecule has 1 aliphatic heterocycles. The van der Waals surface area contributed by atoms with E-state index in [9.17, 15) is 0 Å². The summed E-state index contributed by atoms with van der Waals surface area (Å²) < 4.78 is 0. The van der Waals surface area contributed by atoms with Gasteiger partial charge in [-0.2, -0.15) is 0 Å². The van der Waals surface area contributed by atoms with E-state index >= 15 is 0 Å². The fourth-order valence-electron chi connectivity index (χ4n) is 3.38. The normalized spacial score (nSPS) is 27.2. The Balaban J connectivity index is 0.00000180. The molecule has 2 rings (SSSR count). The van der Waals surface area contributed by atoms with Gasteiger partial charge in [0, 0.05) is 26.7 Å². The highest BCUT2D eigenvalue weighted by Crippen LogP contribution is 2.35. The molecule has 0 amide bonds. The Bertz CT molecular complexity index is 277. The molecule has 2 aliphatic rings. The van der Waals surface area contributed by atoms with E-state index in [1.54, 1.807) is 0 Å². The topological polar surface area (TPSA) is 27.6 Å². The molecule has 0 bridgehead atoms. The predicted molar refractivity (Wildman–Crippen MR) is 93.3 cm³/mol. The molecule has 1 aliphatic carbocycles. The van der Waals surface area contributed by atoms with Crippen LogP contribution < -0.4 is 5.32 Å². The van der Waals surface area contributed by atoms with Crippen molar-refractivity contribution >= 4 is 29.9 Å². The van der Waals surface area contributed by atoms with Gasteiger partial charge in [-0.15, -0.1) is 24.0 Å². The van der Waals surface area contributed by atoms with Crippen LogP contribution in [-0.2, 0) is 0 Å². The van der Waals surface area contributed by atoms with Crippen LogP contribution >= 0.6 is 24.0 Å². The summed E-state index contributed by atoms with van der Waals surface area (Å²) in [6.07, 6.45) is 6.97. The Labute approximate surface area is 135 Å². The molecule has 1 N–H and O–H groups in total. The highest BCUT2D eigenvalue weighted by molar-refractivity contribution is 14.0. The minimum Gasteiger partial charge on any atom is -0.356 e. The average molecular weight is 379 g/mol. The Morgan fingerprint density at radius 1 is 1.21 bits per heavy atom. The van der Waals surface area contributed by atoms with E-state index < -0.39 is 0 Å². The van der Waals surface area contributed by atoms with Crippen molar-refractivity contribution in [2.75, 3.05) is 26.7 Å². The van der Waals surface area contributed by atoms with Gasteiger partial charge in [-0.25, -0.2) is 0 Å². The Morgan fingerprint density at radius 2 is 1.79 bits per heavy atom. The van der Waals surface area contributed by atoms with Crippen molar-refractivity contribution in [2.24, 2.45) is 22.7 Å². The summed E-state index contributed by atoms with van der Waals surface area (Å²) >= 11 is 0. The van der Waals surface area contributed by atoms with Gasteiger partial charge in [-0.05, 0) is 37.0 Å². The van der Waals surface area contributed by atoms with Gasteiger partial charge in [0.25, 0.3) is 0 Å². The number of aliphatic imine (C=N–C) groups is 1. The standard InChI is InChI=1S/C15H29N3.HI/c1-12(2)8-9-17-15(16-3)18-10-13-6-4-5-7-14(13)11-18;/h12-14H,4-11H2,1-3H3,(H,16,17);1H. The molecule has 0 spiro atoms. The average Bonchev–Trinajstić information content (AvgIpc) is 2.77. The summed E-state index contributed by atoms with van der Waals surface area (Å²) in [4.78, 5) is 6.94. The van der Waals surface area contributed by atoms with E-state index in [-0.39, 0.29) is 24.0 Å². The molecule has 19 heavy (non-hydrogen) atoms. The van der Waals surface area contributed by atoms with Crippen molar-refractivity contribution in [3.8, 4) is 0 Å². The second kappa shape index (κ2) is 8.32. The molecule has 3 nitrogen and oxygen atoms in total. The number of fused-ring (bicyclic) bond motifs is 1. The van der Waals surface area contributed by atoms with Crippen LogP contribution in [0.25, 0.3) is 0 Å². The third kappa shape index (κ3) is 4.80. The van der Waals surface area contributed by atoms with Gasteiger partial charge in [0.1, 0.15) is 0 Å². The summed E-state index contributed by atoms with van der Waals surface area (Å²) in [6, 6.07) is 0. The summed E-state index contributed by atoms with van der Waals surface area (Å²) in [6.45, 7) is 8.05. The first kappa shape index (κ1) is 17.1. The number of halogens is 1. The first-order valence-electron chi connectivity index (χ1n) is 7.66. The monoisotopic (exact) mass is 379 g/mol. The van der Waals surface area contributed by atoms with Crippen LogP contribution in [0, 0.1) is 17.8 Å². The molecule has 112 valence electrons. The lowest BCUT2D eigenvalue weighted by molar-refractivity contribution is 0.299. The van der Waals surface area contributed by atoms with E-state index in [0.29, 0.717) is 0 Å². The Hall–Kier alpha value is 0. The smallest absolute Gasteiger partial charge is 0.193 e. The third-order valence-electron chi connectivity index (χ3n) is 4.49. The van der Waals surface area contributed by atoms with E-state index in [2.05, 4.69) is 29.1 Å². The first-order valence-corrected chi connectivity index (χ1v) is 7.66. The highest BCUT2D eigenvalue weighted by Gasteiger charge is 2.35. The zero-order valence-corrected chi connectivity index (χ0v) is 15.0. The van der Waals surface area contributed by atoms with Gasteiger partial charge in [-0.1, -0.05) is 26.7 Å². The summed E-state index contributed by atoms with van der Waals surface area (Å²) in [5.41, 5.74) is 0. The molecule has 0 aromatic rings. The number of likely N-dealkylation sites (tertiary alicyclic amines) is 1. The van der Waals surface area contributed by atoms with Crippen molar-refractivity contribution in [3.63, 3.8) is 0 Å². The van der Waals surface area contributed by atoms with E-state index in [1.165, 1.54) is 45.2 Å². The minimum absolute atomic E-state index is 0. The van der Waals surface area contributed by atoms with E-state index in [0.717, 1.165) is 30.3 Å². The van der Waals surface area contributed by atoms with Crippen molar-refractivity contribution in [3.05, 3.63) is 0 Å². The molecular formula is C15H30IN3. The van der Waals surface area contributed by atoms with Crippen LogP contribution in [-0.4, -0.2) is 37.5 Å². The number of hydrogen-bond donors (Lipinski definition) is 1. The maximum Gasteiger partial charge on any atom is 0.193 e. The number of hydrogen-bond acceptors (Lipinski definition) is 1. The number of nitrogens with one attached hydrogen (secondary N) is 1. The highest BCUT2D eigenvalue weighted by atomic mass is 127. The van der Waals surface area contributed by atoms with Crippen molar-refractivity contribution in [2.45, 2.75) is 46.0 Å². The van der Waals surface area contributed by atoms with Crippen LogP contribution in [0.1, 0.15) is 46.0 Å². The van der Waals surface area contributed by atoms with Crippen LogP contribution in [0.5, 0.6) is 0 Å². The van der Waals surface area contributed by atoms with Crippen molar-refractivity contribution < 1.29 is 0 Å². The van der Waals surface area contributed by atoms with Crippen LogP contribution in [0.15, 0.2) is 4.99 Å². The maximum absolute atomic E-state index is 4.46. The third-order valence-corrected chi connectivity index (χ3v) is 4.49. The molecule has 0 aromatic heterocycles. The quantitative estimate of drug-likeness (QED) is 0.463. The van der Waals surface area contributed by atoms with Crippen LogP contribution in [0.3, 0.4) is 0 Å². The molecule has 1 saturated carbocycles. The second-order valence-electron chi connectivity index (χ2n) is 6.37. The lowest BCUT2D eigenvalue weighted by Crippen LogP contribution is -2.40. The fraction of sp³-hybridized carbons (Fsp3) is 0.933. The van der Waals surface area contributed by atoms with Crippen LogP contribution in [0.4, 0.5) is 0 Å². The Kier molecular flexibility index (Phi) is 7.47. The fourth-order valence-corrected chi connectivity index (χ4v) is 3.38. The van der Waals surface area contributed by atoms with E-state index in [4.69, 9.17) is 0 Å². The zero-order chi connectivity index (χ0) is 13.0.